The van der Waals surface area contributed by atoms with Crippen molar-refractivity contribution in [3.8, 4) is 0 Å². The fourth-order valence-corrected chi connectivity index (χ4v) is 0.522. The summed E-state index contributed by atoms with van der Waals surface area (Å²) < 4.78 is 8.83. The third-order valence-corrected chi connectivity index (χ3v) is 1.17. The lowest BCUT2D eigenvalue weighted by Gasteiger charge is -2.03. The van der Waals surface area contributed by atoms with Crippen molar-refractivity contribution in [3.05, 3.63) is 0 Å². The minimum Gasteiger partial charge on any atom is -0.469 e. The minimum absolute atomic E-state index is 0.00421. The first-order valence-corrected chi connectivity index (χ1v) is 3.57. The van der Waals surface area contributed by atoms with Gasteiger partial charge in [-0.1, -0.05) is 0 Å². The van der Waals surface area contributed by atoms with Gasteiger partial charge in [0.25, 0.3) is 0 Å². The normalized spacial score (nSPS) is 8.77. The number of methoxy groups -OCH3 is 1. The van der Waals surface area contributed by atoms with E-state index < -0.39 is 12.1 Å². The number of rotatable bonds is 4. The van der Waals surface area contributed by atoms with Gasteiger partial charge in [-0.25, -0.2) is 4.79 Å². The molecule has 13 heavy (non-hydrogen) atoms. The minimum atomic E-state index is -0.630. The highest BCUT2D eigenvalue weighted by molar-refractivity contribution is 5.98. The predicted octanol–water partition coefficient (Wildman–Crippen LogP) is -0.0747. The van der Waals surface area contributed by atoms with E-state index in [2.05, 4.69) is 14.8 Å². The fourth-order valence-electron chi connectivity index (χ4n) is 0.522. The van der Waals surface area contributed by atoms with E-state index in [1.54, 1.807) is 0 Å². The fraction of sp³-hybridized carbons (Fsp3) is 0.571. The molecule has 0 aliphatic heterocycles. The largest absolute Gasteiger partial charge is 0.469 e. The second kappa shape index (κ2) is 5.99. The van der Waals surface area contributed by atoms with E-state index in [9.17, 15) is 9.59 Å². The van der Waals surface area contributed by atoms with Crippen molar-refractivity contribution in [2.75, 3.05) is 20.8 Å². The Hall–Kier alpha value is -1.59. The van der Waals surface area contributed by atoms with Gasteiger partial charge in [-0.3, -0.25) is 4.79 Å². The smallest absolute Gasteiger partial charge is 0.407 e. The third-order valence-electron chi connectivity index (χ3n) is 1.17. The first kappa shape index (κ1) is 11.4. The van der Waals surface area contributed by atoms with Crippen LogP contribution >= 0.6 is 0 Å². The van der Waals surface area contributed by atoms with Crippen LogP contribution in [-0.4, -0.2) is 38.5 Å². The molecule has 0 fully saturated rings. The Morgan fingerprint density at radius 2 is 2.08 bits per heavy atom. The molecule has 0 aliphatic carbocycles. The van der Waals surface area contributed by atoms with Crippen LogP contribution in [0.2, 0.25) is 0 Å². The van der Waals surface area contributed by atoms with Gasteiger partial charge in [0.2, 0.25) is 0 Å². The van der Waals surface area contributed by atoms with Gasteiger partial charge >= 0.3 is 12.1 Å². The summed E-state index contributed by atoms with van der Waals surface area (Å²) in [5, 5.41) is 9.40. The Kier molecular flexibility index (Phi) is 5.25. The van der Waals surface area contributed by atoms with E-state index in [-0.39, 0.29) is 18.7 Å². The molecule has 0 saturated heterocycles. The zero-order valence-electron chi connectivity index (χ0n) is 7.55. The number of esters is 1. The maximum atomic E-state index is 10.6. The number of hydrogen-bond donors (Lipinski definition) is 2. The summed E-state index contributed by atoms with van der Waals surface area (Å²) in [7, 11) is 2.64. The van der Waals surface area contributed by atoms with Crippen LogP contribution in [0.15, 0.2) is 0 Å². The lowest BCUT2D eigenvalue weighted by atomic mass is 10.3. The number of carbonyl (C=O) groups is 2. The van der Waals surface area contributed by atoms with Crippen molar-refractivity contribution in [1.82, 2.24) is 5.32 Å². The molecule has 0 rings (SSSR count). The molecule has 2 N–H and O–H groups in total. The summed E-state index contributed by atoms with van der Waals surface area (Å²) in [6.07, 6.45) is -0.789. The van der Waals surface area contributed by atoms with E-state index in [1.165, 1.54) is 14.2 Å². The van der Waals surface area contributed by atoms with E-state index in [4.69, 9.17) is 5.41 Å². The van der Waals surface area contributed by atoms with Crippen LogP contribution in [0, 0.1) is 5.41 Å². The summed E-state index contributed by atoms with van der Waals surface area (Å²) >= 11 is 0. The van der Waals surface area contributed by atoms with Gasteiger partial charge in [0.15, 0.2) is 0 Å². The molecule has 0 heterocycles. The van der Waals surface area contributed by atoms with Gasteiger partial charge < -0.3 is 20.2 Å². The second-order valence-electron chi connectivity index (χ2n) is 2.18. The summed E-state index contributed by atoms with van der Waals surface area (Å²) in [4.78, 5) is 21.1. The molecule has 0 unspecified atom stereocenters. The molecule has 6 nitrogen and oxygen atoms in total. The molecule has 0 aromatic rings. The third kappa shape index (κ3) is 5.66. The molecule has 1 amide bonds. The van der Waals surface area contributed by atoms with Crippen LogP contribution in [0.4, 0.5) is 4.79 Å². The second-order valence-corrected chi connectivity index (χ2v) is 2.18. The summed E-state index contributed by atoms with van der Waals surface area (Å²) in [5.74, 6) is -0.523. The van der Waals surface area contributed by atoms with E-state index >= 15 is 0 Å². The van der Waals surface area contributed by atoms with Crippen LogP contribution in [-0.2, 0) is 14.3 Å². The van der Waals surface area contributed by atoms with Crippen LogP contribution in [0.25, 0.3) is 0 Å². The lowest BCUT2D eigenvalue weighted by molar-refractivity contribution is -0.139. The van der Waals surface area contributed by atoms with Crippen molar-refractivity contribution in [1.29, 1.82) is 5.41 Å². The number of ether oxygens (including phenoxy) is 2. The Morgan fingerprint density at radius 3 is 2.54 bits per heavy atom. The Bertz CT molecular complexity index is 215. The zero-order valence-corrected chi connectivity index (χ0v) is 7.55. The predicted molar refractivity (Wildman–Crippen MR) is 44.8 cm³/mol. The van der Waals surface area contributed by atoms with Crippen molar-refractivity contribution >= 4 is 17.8 Å². The number of nitrogens with one attached hydrogen (secondary N) is 2. The average molecular weight is 188 g/mol. The summed E-state index contributed by atoms with van der Waals surface area (Å²) in [6, 6.07) is 0. The molecule has 0 aliphatic rings. The molecule has 0 bridgehead atoms. The van der Waals surface area contributed by atoms with Crippen molar-refractivity contribution in [2.45, 2.75) is 6.42 Å². The highest BCUT2D eigenvalue weighted by atomic mass is 16.5. The molecule has 0 aromatic carbocycles. The van der Waals surface area contributed by atoms with Crippen LogP contribution in [0.5, 0.6) is 0 Å². The van der Waals surface area contributed by atoms with Crippen molar-refractivity contribution < 1.29 is 19.1 Å². The number of hydrogen-bond acceptors (Lipinski definition) is 5. The molecule has 6 heteroatoms. The Balaban J connectivity index is 3.63. The van der Waals surface area contributed by atoms with Gasteiger partial charge in [-0.05, 0) is 0 Å². The molecule has 0 saturated carbocycles. The highest BCUT2D eigenvalue weighted by Crippen LogP contribution is 1.89. The van der Waals surface area contributed by atoms with E-state index in [1.807, 2.05) is 0 Å². The first-order chi connectivity index (χ1) is 6.10. The van der Waals surface area contributed by atoms with E-state index in [0.717, 1.165) is 0 Å². The van der Waals surface area contributed by atoms with Crippen LogP contribution in [0.1, 0.15) is 6.42 Å². The monoisotopic (exact) mass is 188 g/mol. The molecule has 0 spiro atoms. The van der Waals surface area contributed by atoms with Gasteiger partial charge in [0.05, 0.1) is 19.2 Å². The van der Waals surface area contributed by atoms with Gasteiger partial charge in [0, 0.05) is 7.05 Å². The summed E-state index contributed by atoms with van der Waals surface area (Å²) in [5.41, 5.74) is -0.00421. The van der Waals surface area contributed by atoms with Crippen LogP contribution < -0.4 is 5.32 Å². The van der Waals surface area contributed by atoms with Gasteiger partial charge in [-0.15, -0.1) is 0 Å². The molecular formula is C7H12N2O4. The first-order valence-electron chi connectivity index (χ1n) is 3.57. The molecule has 0 radical (unpaired) electrons. The standard InChI is InChI=1S/C7H12N2O4/c1-9-7(11)13-4-5(8)3-6(10)12-2/h8H,3-4H2,1-2H3,(H,9,11). The summed E-state index contributed by atoms with van der Waals surface area (Å²) in [6.45, 7) is -0.200. The number of carbonyl (C=O) groups excluding carboxylic acids is 2. The lowest BCUT2D eigenvalue weighted by Crippen LogP contribution is -2.23. The maximum absolute atomic E-state index is 10.6. The Labute approximate surface area is 75.7 Å². The molecule has 74 valence electrons. The molecular weight excluding hydrogens is 176 g/mol. The Morgan fingerprint density at radius 1 is 1.46 bits per heavy atom. The zero-order chi connectivity index (χ0) is 10.3. The average Bonchev–Trinajstić information content (AvgIpc) is 2.13. The number of alkyl carbamates (subject to hydrolysis) is 1. The topological polar surface area (TPSA) is 88.5 Å². The van der Waals surface area contributed by atoms with Crippen molar-refractivity contribution in [3.63, 3.8) is 0 Å². The molecule has 0 aromatic heterocycles. The van der Waals surface area contributed by atoms with Gasteiger partial charge in [0.1, 0.15) is 6.61 Å². The highest BCUT2D eigenvalue weighted by Gasteiger charge is 2.07. The van der Waals surface area contributed by atoms with Gasteiger partial charge in [-0.2, -0.15) is 0 Å². The molecule has 0 atom stereocenters. The number of amides is 1. The van der Waals surface area contributed by atoms with Crippen molar-refractivity contribution in [2.24, 2.45) is 0 Å². The van der Waals surface area contributed by atoms with Crippen LogP contribution in [0.3, 0.4) is 0 Å². The SMILES string of the molecule is CNC(=O)OCC(=N)CC(=O)OC. The quantitative estimate of drug-likeness (QED) is 0.477. The van der Waals surface area contributed by atoms with E-state index in [0.29, 0.717) is 0 Å². The maximum Gasteiger partial charge on any atom is 0.407 e.